The lowest BCUT2D eigenvalue weighted by atomic mass is 9.75. The molecule has 72 valence electrons. The first-order valence-electron chi connectivity index (χ1n) is 4.84. The van der Waals surface area contributed by atoms with Crippen LogP contribution in [0.25, 0.3) is 0 Å². The Bertz CT molecular complexity index is 269. The van der Waals surface area contributed by atoms with Crippen LogP contribution >= 0.6 is 0 Å². The summed E-state index contributed by atoms with van der Waals surface area (Å²) in [6.45, 7) is 8.30. The fourth-order valence-corrected chi connectivity index (χ4v) is 1.88. The first kappa shape index (κ1) is 10.2. The molecule has 0 N–H and O–H groups in total. The third-order valence-corrected chi connectivity index (χ3v) is 3.22. The molecule has 0 spiro atoms. The molecule has 0 heterocycles. The van der Waals surface area contributed by atoms with Gasteiger partial charge in [0.15, 0.2) is 5.78 Å². The molecule has 0 fully saturated rings. The van der Waals surface area contributed by atoms with Gasteiger partial charge < -0.3 is 0 Å². The Morgan fingerprint density at radius 3 is 2.62 bits per heavy atom. The summed E-state index contributed by atoms with van der Waals surface area (Å²) in [6.07, 6.45) is 6.61. The Morgan fingerprint density at radius 1 is 1.62 bits per heavy atom. The lowest BCUT2D eigenvalue weighted by Crippen LogP contribution is -2.26. The monoisotopic (exact) mass is 178 g/mol. The molecule has 0 bridgehead atoms. The van der Waals surface area contributed by atoms with Crippen LogP contribution in [0.5, 0.6) is 0 Å². The van der Waals surface area contributed by atoms with E-state index in [2.05, 4.69) is 26.8 Å². The van der Waals surface area contributed by atoms with Gasteiger partial charge in [0, 0.05) is 5.92 Å². The highest BCUT2D eigenvalue weighted by Gasteiger charge is 2.38. The molecule has 0 aliphatic heterocycles. The highest BCUT2D eigenvalue weighted by molar-refractivity contribution is 5.93. The summed E-state index contributed by atoms with van der Waals surface area (Å²) < 4.78 is 0. The van der Waals surface area contributed by atoms with Crippen LogP contribution in [-0.4, -0.2) is 5.78 Å². The Kier molecular flexibility index (Phi) is 2.74. The molecule has 0 amide bonds. The standard InChI is InChI=1S/C12H18O/c1-5-6-11(13)10-8-7-9(2)12(10,3)4/h5-7,10H,8H2,1-4H3/b6-5+. The van der Waals surface area contributed by atoms with Crippen molar-refractivity contribution in [3.8, 4) is 0 Å². The normalized spacial score (nSPS) is 26.5. The first-order chi connectivity index (χ1) is 6.00. The Balaban J connectivity index is 2.82. The number of ketones is 1. The molecule has 1 aliphatic carbocycles. The van der Waals surface area contributed by atoms with E-state index >= 15 is 0 Å². The maximum Gasteiger partial charge on any atom is 0.159 e. The Morgan fingerprint density at radius 2 is 2.23 bits per heavy atom. The molecule has 1 heteroatoms. The second-order valence-corrected chi connectivity index (χ2v) is 4.30. The van der Waals surface area contributed by atoms with Crippen molar-refractivity contribution in [1.29, 1.82) is 0 Å². The van der Waals surface area contributed by atoms with Crippen molar-refractivity contribution < 1.29 is 4.79 Å². The lowest BCUT2D eigenvalue weighted by Gasteiger charge is -2.27. The number of carbonyl (C=O) groups excluding carboxylic acids is 1. The van der Waals surface area contributed by atoms with E-state index in [1.54, 1.807) is 6.08 Å². The van der Waals surface area contributed by atoms with Crippen molar-refractivity contribution in [2.24, 2.45) is 11.3 Å². The van der Waals surface area contributed by atoms with Gasteiger partial charge in [-0.25, -0.2) is 0 Å². The summed E-state index contributed by atoms with van der Waals surface area (Å²) in [5.74, 6) is 0.421. The third-order valence-electron chi connectivity index (χ3n) is 3.22. The molecule has 0 aromatic carbocycles. The van der Waals surface area contributed by atoms with E-state index < -0.39 is 0 Å². The number of hydrogen-bond donors (Lipinski definition) is 0. The highest BCUT2D eigenvalue weighted by Crippen LogP contribution is 2.43. The van der Waals surface area contributed by atoms with E-state index in [9.17, 15) is 4.79 Å². The van der Waals surface area contributed by atoms with Crippen molar-refractivity contribution >= 4 is 5.78 Å². The smallest absolute Gasteiger partial charge is 0.159 e. The summed E-state index contributed by atoms with van der Waals surface area (Å²) in [7, 11) is 0. The lowest BCUT2D eigenvalue weighted by molar-refractivity contribution is -0.120. The van der Waals surface area contributed by atoms with Crippen LogP contribution in [0.2, 0.25) is 0 Å². The van der Waals surface area contributed by atoms with Gasteiger partial charge in [0.2, 0.25) is 0 Å². The quantitative estimate of drug-likeness (QED) is 0.469. The molecule has 0 aromatic heterocycles. The molecule has 0 saturated heterocycles. The summed E-state index contributed by atoms with van der Waals surface area (Å²) in [5, 5.41) is 0. The Hall–Kier alpha value is -0.850. The predicted molar refractivity (Wildman–Crippen MR) is 55.5 cm³/mol. The predicted octanol–water partition coefficient (Wildman–Crippen LogP) is 3.12. The van der Waals surface area contributed by atoms with E-state index in [0.717, 1.165) is 6.42 Å². The molecule has 1 rings (SSSR count). The molecule has 1 atom stereocenters. The minimum Gasteiger partial charge on any atom is -0.295 e. The van der Waals surface area contributed by atoms with Crippen molar-refractivity contribution in [2.75, 3.05) is 0 Å². The number of hydrogen-bond acceptors (Lipinski definition) is 1. The van der Waals surface area contributed by atoms with Crippen LogP contribution in [-0.2, 0) is 4.79 Å². The van der Waals surface area contributed by atoms with E-state index in [-0.39, 0.29) is 17.1 Å². The summed E-state index contributed by atoms with van der Waals surface area (Å²) in [6, 6.07) is 0. The average Bonchev–Trinajstić information content (AvgIpc) is 2.28. The second-order valence-electron chi connectivity index (χ2n) is 4.30. The van der Waals surface area contributed by atoms with Gasteiger partial charge in [-0.3, -0.25) is 4.79 Å². The van der Waals surface area contributed by atoms with Crippen molar-refractivity contribution in [2.45, 2.75) is 34.1 Å². The van der Waals surface area contributed by atoms with Gasteiger partial charge in [-0.1, -0.05) is 31.6 Å². The molecular weight excluding hydrogens is 160 g/mol. The van der Waals surface area contributed by atoms with Crippen molar-refractivity contribution in [3.05, 3.63) is 23.8 Å². The van der Waals surface area contributed by atoms with E-state index in [4.69, 9.17) is 0 Å². The van der Waals surface area contributed by atoms with Gasteiger partial charge in [-0.05, 0) is 31.8 Å². The SMILES string of the molecule is C/C=C/C(=O)C1CC=C(C)C1(C)C. The van der Waals surface area contributed by atoms with Crippen LogP contribution in [0, 0.1) is 11.3 Å². The maximum absolute atomic E-state index is 11.7. The second kappa shape index (κ2) is 3.49. The molecule has 1 nitrogen and oxygen atoms in total. The molecule has 1 aliphatic rings. The van der Waals surface area contributed by atoms with Crippen LogP contribution in [0.1, 0.15) is 34.1 Å². The van der Waals surface area contributed by atoms with Crippen LogP contribution in [0.4, 0.5) is 0 Å². The average molecular weight is 178 g/mol. The molecule has 1 unspecified atom stereocenters. The topological polar surface area (TPSA) is 17.1 Å². The van der Waals surface area contributed by atoms with Crippen LogP contribution in [0.15, 0.2) is 23.8 Å². The highest BCUT2D eigenvalue weighted by atomic mass is 16.1. The van der Waals surface area contributed by atoms with Gasteiger partial charge in [0.25, 0.3) is 0 Å². The van der Waals surface area contributed by atoms with Crippen molar-refractivity contribution in [3.63, 3.8) is 0 Å². The van der Waals surface area contributed by atoms with Gasteiger partial charge >= 0.3 is 0 Å². The maximum atomic E-state index is 11.7. The minimum absolute atomic E-state index is 0.0522. The first-order valence-corrected chi connectivity index (χ1v) is 4.84. The zero-order valence-electron chi connectivity index (χ0n) is 8.92. The van der Waals surface area contributed by atoms with Crippen LogP contribution in [0.3, 0.4) is 0 Å². The summed E-state index contributed by atoms with van der Waals surface area (Å²) in [4.78, 5) is 11.7. The van der Waals surface area contributed by atoms with Crippen LogP contribution < -0.4 is 0 Å². The molecule has 0 aromatic rings. The number of rotatable bonds is 2. The van der Waals surface area contributed by atoms with E-state index in [1.807, 2.05) is 13.0 Å². The molecule has 0 radical (unpaired) electrons. The summed E-state index contributed by atoms with van der Waals surface area (Å²) >= 11 is 0. The van der Waals surface area contributed by atoms with Gasteiger partial charge in [-0.15, -0.1) is 0 Å². The summed E-state index contributed by atoms with van der Waals surface area (Å²) in [5.41, 5.74) is 1.40. The number of carbonyl (C=O) groups is 1. The number of allylic oxidation sites excluding steroid dienone is 4. The Labute approximate surface area is 80.5 Å². The van der Waals surface area contributed by atoms with Gasteiger partial charge in [0.1, 0.15) is 0 Å². The van der Waals surface area contributed by atoms with Crippen molar-refractivity contribution in [1.82, 2.24) is 0 Å². The third kappa shape index (κ3) is 1.74. The zero-order valence-corrected chi connectivity index (χ0v) is 8.92. The fraction of sp³-hybridized carbons (Fsp3) is 0.583. The van der Waals surface area contributed by atoms with Gasteiger partial charge in [0.05, 0.1) is 0 Å². The molecule has 13 heavy (non-hydrogen) atoms. The van der Waals surface area contributed by atoms with E-state index in [1.165, 1.54) is 5.57 Å². The zero-order chi connectivity index (χ0) is 10.1. The van der Waals surface area contributed by atoms with Gasteiger partial charge in [-0.2, -0.15) is 0 Å². The molecular formula is C12H18O. The minimum atomic E-state index is 0.0522. The largest absolute Gasteiger partial charge is 0.295 e. The molecule has 0 saturated carbocycles. The van der Waals surface area contributed by atoms with E-state index in [0.29, 0.717) is 0 Å². The fourth-order valence-electron chi connectivity index (χ4n) is 1.88.